The molecule has 112 valence electrons. The van der Waals surface area contributed by atoms with E-state index in [-0.39, 0.29) is 10.8 Å². The highest BCUT2D eigenvalue weighted by Gasteiger charge is 2.13. The lowest BCUT2D eigenvalue weighted by molar-refractivity contribution is 0.810. The summed E-state index contributed by atoms with van der Waals surface area (Å²) in [6, 6.07) is 9.60. The number of aromatic amines is 1. The maximum Gasteiger partial charge on any atom is 0.251 e. The molecule has 1 heterocycles. The number of nitrogens with zero attached hydrogens (tertiary/aromatic N) is 1. The number of aryl methyl sites for hydroxylation is 1. The molecule has 0 bridgehead atoms. The molecule has 3 N–H and O–H groups in total. The average molecular weight is 368 g/mol. The minimum Gasteiger partial charge on any atom is -0.329 e. The molecule has 2 aromatic rings. The van der Waals surface area contributed by atoms with Crippen molar-refractivity contribution in [3.63, 3.8) is 0 Å². The van der Waals surface area contributed by atoms with Crippen LogP contribution in [-0.2, 0) is 6.42 Å². The third kappa shape index (κ3) is 4.69. The Balaban J connectivity index is 2.22. The molecule has 0 spiro atoms. The van der Waals surface area contributed by atoms with Crippen molar-refractivity contribution in [2.45, 2.75) is 30.2 Å². The van der Waals surface area contributed by atoms with Gasteiger partial charge in [0.15, 0.2) is 5.16 Å². The van der Waals surface area contributed by atoms with E-state index in [0.29, 0.717) is 11.7 Å². The summed E-state index contributed by atoms with van der Waals surface area (Å²) in [6.07, 6.45) is 1.77. The molecular weight excluding hydrogens is 350 g/mol. The maximum absolute atomic E-state index is 11.7. The zero-order valence-corrected chi connectivity index (χ0v) is 14.2. The van der Waals surface area contributed by atoms with Crippen LogP contribution in [-0.4, -0.2) is 16.5 Å². The topological polar surface area (TPSA) is 71.8 Å². The largest absolute Gasteiger partial charge is 0.329 e. The number of nitrogens with two attached hydrogens (primary N) is 1. The van der Waals surface area contributed by atoms with E-state index in [1.807, 2.05) is 24.3 Å². The number of nitrogens with one attached hydrogen (secondary N) is 1. The number of aromatic nitrogens is 2. The quantitative estimate of drug-likeness (QED) is 0.606. The van der Waals surface area contributed by atoms with Crippen LogP contribution < -0.4 is 11.3 Å². The first-order chi connectivity index (χ1) is 10.1. The van der Waals surface area contributed by atoms with Gasteiger partial charge in [-0.15, -0.1) is 0 Å². The van der Waals surface area contributed by atoms with Crippen molar-refractivity contribution >= 4 is 27.7 Å². The van der Waals surface area contributed by atoms with Crippen molar-refractivity contribution in [2.75, 3.05) is 6.54 Å². The molecule has 4 nitrogen and oxygen atoms in total. The minimum absolute atomic E-state index is 0.0677. The highest BCUT2D eigenvalue weighted by Crippen LogP contribution is 2.32. The van der Waals surface area contributed by atoms with E-state index in [0.717, 1.165) is 28.6 Å². The Bertz CT molecular complexity index is 642. The van der Waals surface area contributed by atoms with Crippen molar-refractivity contribution in [2.24, 2.45) is 5.73 Å². The Hall–Kier alpha value is -1.11. The van der Waals surface area contributed by atoms with Crippen LogP contribution in [0, 0.1) is 0 Å². The number of H-pyrrole nitrogens is 1. The van der Waals surface area contributed by atoms with Gasteiger partial charge in [-0.1, -0.05) is 53.2 Å². The zero-order valence-electron chi connectivity index (χ0n) is 11.8. The van der Waals surface area contributed by atoms with Crippen LogP contribution in [0.5, 0.6) is 0 Å². The van der Waals surface area contributed by atoms with Crippen LogP contribution in [0.25, 0.3) is 0 Å². The SMILES string of the molecule is CCCc1cc(=O)[nH]c(SC(CN)c2ccc(Br)cc2)n1. The minimum atomic E-state index is -0.109. The van der Waals surface area contributed by atoms with Crippen LogP contribution >= 0.6 is 27.7 Å². The molecule has 0 aliphatic rings. The van der Waals surface area contributed by atoms with Crippen molar-refractivity contribution in [3.8, 4) is 0 Å². The number of halogens is 1. The van der Waals surface area contributed by atoms with Gasteiger partial charge >= 0.3 is 0 Å². The molecule has 0 saturated heterocycles. The van der Waals surface area contributed by atoms with Gasteiger partial charge in [0.1, 0.15) is 0 Å². The summed E-state index contributed by atoms with van der Waals surface area (Å²) in [5, 5.41) is 0.697. The molecular formula is C15H18BrN3OS. The van der Waals surface area contributed by atoms with Crippen LogP contribution in [0.1, 0.15) is 29.9 Å². The number of hydrogen-bond donors (Lipinski definition) is 2. The van der Waals surface area contributed by atoms with E-state index in [4.69, 9.17) is 5.73 Å². The first-order valence-corrected chi connectivity index (χ1v) is 8.52. The highest BCUT2D eigenvalue weighted by molar-refractivity contribution is 9.10. The zero-order chi connectivity index (χ0) is 15.2. The molecule has 0 fully saturated rings. The van der Waals surface area contributed by atoms with E-state index in [1.54, 1.807) is 6.07 Å². The maximum atomic E-state index is 11.7. The fourth-order valence-electron chi connectivity index (χ4n) is 1.99. The molecule has 2 rings (SSSR count). The lowest BCUT2D eigenvalue weighted by Gasteiger charge is -2.14. The second-order valence-corrected chi connectivity index (χ2v) is 6.79. The normalized spacial score (nSPS) is 12.3. The molecule has 21 heavy (non-hydrogen) atoms. The fourth-order valence-corrected chi connectivity index (χ4v) is 3.24. The van der Waals surface area contributed by atoms with Gasteiger partial charge < -0.3 is 10.7 Å². The molecule has 0 amide bonds. The van der Waals surface area contributed by atoms with Crippen LogP contribution in [0.2, 0.25) is 0 Å². The predicted octanol–water partition coefficient (Wildman–Crippen LogP) is 3.28. The Morgan fingerprint density at radius 3 is 2.71 bits per heavy atom. The number of hydrogen-bond acceptors (Lipinski definition) is 4. The fraction of sp³-hybridized carbons (Fsp3) is 0.333. The van der Waals surface area contributed by atoms with E-state index in [2.05, 4.69) is 32.8 Å². The van der Waals surface area contributed by atoms with Gasteiger partial charge in [-0.25, -0.2) is 4.98 Å². The molecule has 1 aromatic heterocycles. The van der Waals surface area contributed by atoms with Gasteiger partial charge in [0.05, 0.1) is 0 Å². The lowest BCUT2D eigenvalue weighted by atomic mass is 10.1. The molecule has 1 aromatic carbocycles. The summed E-state index contributed by atoms with van der Waals surface area (Å²) in [5.41, 5.74) is 7.71. The average Bonchev–Trinajstić information content (AvgIpc) is 2.45. The number of thioether (sulfide) groups is 1. The van der Waals surface area contributed by atoms with Crippen LogP contribution in [0.15, 0.2) is 44.8 Å². The van der Waals surface area contributed by atoms with E-state index in [1.165, 1.54) is 11.8 Å². The summed E-state index contributed by atoms with van der Waals surface area (Å²) in [6.45, 7) is 2.55. The van der Waals surface area contributed by atoms with Crippen molar-refractivity contribution in [1.29, 1.82) is 0 Å². The third-order valence-corrected chi connectivity index (χ3v) is 4.68. The molecule has 0 aliphatic heterocycles. The number of benzene rings is 1. The van der Waals surface area contributed by atoms with E-state index < -0.39 is 0 Å². The van der Waals surface area contributed by atoms with Crippen molar-refractivity contribution in [1.82, 2.24) is 9.97 Å². The van der Waals surface area contributed by atoms with Crippen molar-refractivity contribution < 1.29 is 0 Å². The Morgan fingerprint density at radius 1 is 1.38 bits per heavy atom. The Kier molecular flexibility index (Phi) is 6.02. The third-order valence-electron chi connectivity index (χ3n) is 2.99. The Morgan fingerprint density at radius 2 is 2.10 bits per heavy atom. The lowest BCUT2D eigenvalue weighted by Crippen LogP contribution is -2.13. The van der Waals surface area contributed by atoms with Gasteiger partial charge in [0.2, 0.25) is 0 Å². The molecule has 0 radical (unpaired) electrons. The van der Waals surface area contributed by atoms with Gasteiger partial charge in [0, 0.05) is 28.0 Å². The van der Waals surface area contributed by atoms with Crippen LogP contribution in [0.4, 0.5) is 0 Å². The molecule has 6 heteroatoms. The monoisotopic (exact) mass is 367 g/mol. The highest BCUT2D eigenvalue weighted by atomic mass is 79.9. The van der Waals surface area contributed by atoms with Gasteiger partial charge in [0.25, 0.3) is 5.56 Å². The van der Waals surface area contributed by atoms with Crippen molar-refractivity contribution in [3.05, 3.63) is 56.4 Å². The number of rotatable bonds is 6. The smallest absolute Gasteiger partial charge is 0.251 e. The van der Waals surface area contributed by atoms with E-state index >= 15 is 0 Å². The second kappa shape index (κ2) is 7.77. The summed E-state index contributed by atoms with van der Waals surface area (Å²) in [7, 11) is 0. The van der Waals surface area contributed by atoms with E-state index in [9.17, 15) is 4.79 Å². The van der Waals surface area contributed by atoms with Gasteiger partial charge in [-0.2, -0.15) is 0 Å². The summed E-state index contributed by atoms with van der Waals surface area (Å²) in [5.74, 6) is 0. The molecule has 0 aliphatic carbocycles. The standard InChI is InChI=1S/C15H18BrN3OS/c1-2-3-12-8-14(20)19-15(18-12)21-13(9-17)10-4-6-11(16)7-5-10/h4-8,13H,2-3,9,17H2,1H3,(H,18,19,20). The summed E-state index contributed by atoms with van der Waals surface area (Å²) >= 11 is 4.92. The first-order valence-electron chi connectivity index (χ1n) is 6.84. The Labute approximate surface area is 136 Å². The first kappa shape index (κ1) is 16.3. The van der Waals surface area contributed by atoms with Gasteiger partial charge in [-0.3, -0.25) is 4.79 Å². The van der Waals surface area contributed by atoms with Gasteiger partial charge in [-0.05, 0) is 24.1 Å². The second-order valence-electron chi connectivity index (χ2n) is 4.69. The molecule has 1 unspecified atom stereocenters. The molecule has 0 saturated carbocycles. The summed E-state index contributed by atoms with van der Waals surface area (Å²) < 4.78 is 1.03. The predicted molar refractivity (Wildman–Crippen MR) is 90.6 cm³/mol. The summed E-state index contributed by atoms with van der Waals surface area (Å²) in [4.78, 5) is 19.0. The molecule has 1 atom stereocenters. The van der Waals surface area contributed by atoms with Crippen LogP contribution in [0.3, 0.4) is 0 Å².